The van der Waals surface area contributed by atoms with Crippen LogP contribution in [0.25, 0.3) is 0 Å². The Morgan fingerprint density at radius 2 is 1.71 bits per heavy atom. The van der Waals surface area contributed by atoms with Crippen LogP contribution in [0.15, 0.2) is 76.8 Å². The van der Waals surface area contributed by atoms with E-state index in [1.54, 1.807) is 6.20 Å². The normalized spacial score (nSPS) is 14.5. The molecule has 0 atom stereocenters. The highest BCUT2D eigenvalue weighted by Crippen LogP contribution is 2.32. The smallest absolute Gasteiger partial charge is 0.256 e. The van der Waals surface area contributed by atoms with E-state index in [-0.39, 0.29) is 17.6 Å². The Kier molecular flexibility index (Phi) is 6.52. The number of carbonyl (C=O) groups excluding carboxylic acids is 2. The molecule has 1 aromatic heterocycles. The van der Waals surface area contributed by atoms with Crippen LogP contribution in [0.3, 0.4) is 0 Å². The quantitative estimate of drug-likeness (QED) is 0.496. The fraction of sp³-hybridized carbons (Fsp3) is 0.269. The number of pyridine rings is 1. The first-order chi connectivity index (χ1) is 15.0. The maximum absolute atomic E-state index is 13.3. The monoisotopic (exact) mass is 430 g/mol. The molecule has 0 aliphatic carbocycles. The number of benzene rings is 2. The number of piperidine rings is 1. The summed E-state index contributed by atoms with van der Waals surface area (Å²) in [6.07, 6.45) is 3.12. The Balaban J connectivity index is 1.45. The number of likely N-dealkylation sites (tertiary alicyclic amines) is 1. The van der Waals surface area contributed by atoms with Gasteiger partial charge in [0.05, 0.1) is 5.56 Å². The van der Waals surface area contributed by atoms with Crippen molar-refractivity contribution in [1.82, 2.24) is 9.88 Å². The summed E-state index contributed by atoms with van der Waals surface area (Å²) in [4.78, 5) is 33.5. The fourth-order valence-corrected chi connectivity index (χ4v) is 4.95. The number of hydrogen-bond donors (Lipinski definition) is 0. The molecule has 0 saturated carbocycles. The van der Waals surface area contributed by atoms with Crippen LogP contribution in [0.5, 0.6) is 0 Å². The van der Waals surface area contributed by atoms with E-state index in [4.69, 9.17) is 0 Å². The summed E-state index contributed by atoms with van der Waals surface area (Å²) < 4.78 is 0. The molecule has 4 rings (SSSR count). The van der Waals surface area contributed by atoms with Crippen molar-refractivity contribution in [3.63, 3.8) is 0 Å². The van der Waals surface area contributed by atoms with E-state index in [9.17, 15) is 9.59 Å². The first-order valence-corrected chi connectivity index (χ1v) is 11.4. The predicted octanol–water partition coefficient (Wildman–Crippen LogP) is 5.58. The van der Waals surface area contributed by atoms with Crippen LogP contribution in [0.1, 0.15) is 44.7 Å². The van der Waals surface area contributed by atoms with Crippen molar-refractivity contribution in [2.75, 3.05) is 13.1 Å². The largest absolute Gasteiger partial charge is 0.339 e. The minimum atomic E-state index is -0.0237. The SMILES string of the molecule is Cc1ccc(Sc2ncccc2C(=O)N2CCC(C(=O)c3ccccc3)CC2)c(C)c1. The van der Waals surface area contributed by atoms with Crippen molar-refractivity contribution < 1.29 is 9.59 Å². The summed E-state index contributed by atoms with van der Waals surface area (Å²) in [5, 5.41) is 0.724. The number of aryl methyl sites for hydroxylation is 2. The molecule has 1 amide bonds. The zero-order valence-corrected chi connectivity index (χ0v) is 18.7. The lowest BCUT2D eigenvalue weighted by Crippen LogP contribution is -2.40. The molecule has 158 valence electrons. The van der Waals surface area contributed by atoms with Crippen molar-refractivity contribution in [1.29, 1.82) is 0 Å². The summed E-state index contributed by atoms with van der Waals surface area (Å²) in [6, 6.07) is 19.4. The van der Waals surface area contributed by atoms with Crippen LogP contribution < -0.4 is 0 Å². The van der Waals surface area contributed by atoms with Gasteiger partial charge in [-0.1, -0.05) is 59.8 Å². The van der Waals surface area contributed by atoms with Gasteiger partial charge < -0.3 is 4.90 Å². The summed E-state index contributed by atoms with van der Waals surface area (Å²) in [5.41, 5.74) is 3.77. The molecule has 0 N–H and O–H groups in total. The first-order valence-electron chi connectivity index (χ1n) is 10.6. The average molecular weight is 431 g/mol. The van der Waals surface area contributed by atoms with E-state index in [0.717, 1.165) is 15.5 Å². The molecule has 0 radical (unpaired) electrons. The number of amides is 1. The second kappa shape index (κ2) is 9.48. The molecule has 1 aliphatic rings. The Bertz CT molecular complexity index is 1090. The minimum absolute atomic E-state index is 0.00836. The van der Waals surface area contributed by atoms with Crippen LogP contribution in [0.2, 0.25) is 0 Å². The summed E-state index contributed by atoms with van der Waals surface area (Å²) in [5.74, 6) is 0.149. The van der Waals surface area contributed by atoms with Crippen molar-refractivity contribution in [2.45, 2.75) is 36.6 Å². The number of rotatable bonds is 5. The van der Waals surface area contributed by atoms with Gasteiger partial charge in [-0.25, -0.2) is 4.98 Å². The van der Waals surface area contributed by atoms with Gasteiger partial charge in [0, 0.05) is 35.7 Å². The molecule has 4 nitrogen and oxygen atoms in total. The van der Waals surface area contributed by atoms with Gasteiger partial charge in [0.2, 0.25) is 0 Å². The zero-order chi connectivity index (χ0) is 21.8. The minimum Gasteiger partial charge on any atom is -0.339 e. The second-order valence-corrected chi connectivity index (χ2v) is 9.05. The van der Waals surface area contributed by atoms with E-state index >= 15 is 0 Å². The van der Waals surface area contributed by atoms with E-state index in [2.05, 4.69) is 37.0 Å². The molecule has 1 saturated heterocycles. The second-order valence-electron chi connectivity index (χ2n) is 8.02. The van der Waals surface area contributed by atoms with Gasteiger partial charge in [-0.3, -0.25) is 9.59 Å². The van der Waals surface area contributed by atoms with E-state index in [1.807, 2.05) is 47.4 Å². The molecule has 3 aromatic rings. The topological polar surface area (TPSA) is 50.3 Å². The Morgan fingerprint density at radius 1 is 0.968 bits per heavy atom. The molecular formula is C26H26N2O2S. The van der Waals surface area contributed by atoms with E-state index in [0.29, 0.717) is 31.5 Å². The number of nitrogens with zero attached hydrogens (tertiary/aromatic N) is 2. The molecule has 31 heavy (non-hydrogen) atoms. The third kappa shape index (κ3) is 4.88. The number of ketones is 1. The van der Waals surface area contributed by atoms with Crippen molar-refractivity contribution in [3.8, 4) is 0 Å². The highest BCUT2D eigenvalue weighted by atomic mass is 32.2. The molecule has 1 fully saturated rings. The maximum Gasteiger partial charge on any atom is 0.256 e. The zero-order valence-electron chi connectivity index (χ0n) is 17.9. The standard InChI is InChI=1S/C26H26N2O2S/c1-18-10-11-23(19(2)17-18)31-25-22(9-6-14-27-25)26(30)28-15-12-21(13-16-28)24(29)20-7-4-3-5-8-20/h3-11,14,17,21H,12-13,15-16H2,1-2H3. The fourth-order valence-electron chi connectivity index (χ4n) is 4.01. The van der Waals surface area contributed by atoms with Crippen LogP contribution in [0, 0.1) is 19.8 Å². The van der Waals surface area contributed by atoms with Gasteiger partial charge >= 0.3 is 0 Å². The molecule has 2 heterocycles. The van der Waals surface area contributed by atoms with E-state index in [1.165, 1.54) is 22.9 Å². The van der Waals surface area contributed by atoms with Gasteiger partial charge in [-0.05, 0) is 50.5 Å². The highest BCUT2D eigenvalue weighted by Gasteiger charge is 2.29. The number of Topliss-reactive ketones (excluding diaryl/α,β-unsaturated/α-hetero) is 1. The molecule has 1 aliphatic heterocycles. The lowest BCUT2D eigenvalue weighted by molar-refractivity contribution is 0.0647. The van der Waals surface area contributed by atoms with E-state index < -0.39 is 0 Å². The van der Waals surface area contributed by atoms with Gasteiger partial charge in [-0.15, -0.1) is 0 Å². The molecule has 0 spiro atoms. The van der Waals surface area contributed by atoms with Crippen molar-refractivity contribution >= 4 is 23.5 Å². The Morgan fingerprint density at radius 3 is 2.42 bits per heavy atom. The first kappa shape index (κ1) is 21.3. The van der Waals surface area contributed by atoms with Crippen molar-refractivity contribution in [2.24, 2.45) is 5.92 Å². The number of hydrogen-bond acceptors (Lipinski definition) is 4. The van der Waals surface area contributed by atoms with Crippen molar-refractivity contribution in [3.05, 3.63) is 89.1 Å². The molecular weight excluding hydrogens is 404 g/mol. The van der Waals surface area contributed by atoms with Gasteiger partial charge in [0.1, 0.15) is 5.03 Å². The van der Waals surface area contributed by atoms with Crippen LogP contribution in [-0.2, 0) is 0 Å². The molecule has 5 heteroatoms. The van der Waals surface area contributed by atoms with Gasteiger partial charge in [-0.2, -0.15) is 0 Å². The Labute approximate surface area is 187 Å². The molecule has 2 aromatic carbocycles. The molecule has 0 bridgehead atoms. The third-order valence-corrected chi connectivity index (χ3v) is 6.95. The lowest BCUT2D eigenvalue weighted by Gasteiger charge is -2.31. The Hall–Kier alpha value is -2.92. The van der Waals surface area contributed by atoms with Crippen LogP contribution >= 0.6 is 11.8 Å². The number of carbonyl (C=O) groups is 2. The van der Waals surface area contributed by atoms with Crippen LogP contribution in [-0.4, -0.2) is 34.7 Å². The summed E-state index contributed by atoms with van der Waals surface area (Å²) in [7, 11) is 0. The number of aromatic nitrogens is 1. The third-order valence-electron chi connectivity index (χ3n) is 5.75. The lowest BCUT2D eigenvalue weighted by atomic mass is 9.88. The van der Waals surface area contributed by atoms with Gasteiger partial charge in [0.25, 0.3) is 5.91 Å². The average Bonchev–Trinajstić information content (AvgIpc) is 2.81. The highest BCUT2D eigenvalue weighted by molar-refractivity contribution is 7.99. The molecule has 0 unspecified atom stereocenters. The van der Waals surface area contributed by atoms with Gasteiger partial charge in [0.15, 0.2) is 5.78 Å². The van der Waals surface area contributed by atoms with Crippen LogP contribution in [0.4, 0.5) is 0 Å². The predicted molar refractivity (Wildman–Crippen MR) is 124 cm³/mol. The summed E-state index contributed by atoms with van der Waals surface area (Å²) in [6.45, 7) is 5.33. The maximum atomic E-state index is 13.3. The summed E-state index contributed by atoms with van der Waals surface area (Å²) >= 11 is 1.53.